The summed E-state index contributed by atoms with van der Waals surface area (Å²) in [5.74, 6) is 0.192. The topological polar surface area (TPSA) is 59.8 Å². The Morgan fingerprint density at radius 1 is 1.26 bits per heavy atom. The number of nitrogens with one attached hydrogen (secondary N) is 1. The van der Waals surface area contributed by atoms with Crippen LogP contribution in [0.1, 0.15) is 27.3 Å². The molecule has 27 heavy (non-hydrogen) atoms. The SMILES string of the molecule is CNc1nnc(SCC(=O)c2cc(C)n(CCc3ccc(F)cc3)c2C)s1. The summed E-state index contributed by atoms with van der Waals surface area (Å²) < 4.78 is 16.0. The van der Waals surface area contributed by atoms with Gasteiger partial charge in [0.05, 0.1) is 5.75 Å². The zero-order valence-corrected chi connectivity index (χ0v) is 17.1. The fourth-order valence-electron chi connectivity index (χ4n) is 2.89. The van der Waals surface area contributed by atoms with Crippen molar-refractivity contribution in [2.45, 2.75) is 31.2 Å². The summed E-state index contributed by atoms with van der Waals surface area (Å²) in [4.78, 5) is 12.7. The third kappa shape index (κ3) is 4.75. The molecule has 2 heterocycles. The molecule has 0 saturated carbocycles. The fourth-order valence-corrected chi connectivity index (χ4v) is 4.48. The third-order valence-corrected chi connectivity index (χ3v) is 6.43. The molecule has 0 saturated heterocycles. The van der Waals surface area contributed by atoms with Gasteiger partial charge in [0.15, 0.2) is 10.1 Å². The molecule has 0 radical (unpaired) electrons. The average molecular weight is 405 g/mol. The lowest BCUT2D eigenvalue weighted by molar-refractivity contribution is 0.102. The van der Waals surface area contributed by atoms with Crippen LogP contribution in [-0.4, -0.2) is 33.3 Å². The van der Waals surface area contributed by atoms with Crippen LogP contribution in [0, 0.1) is 19.7 Å². The largest absolute Gasteiger partial charge is 0.363 e. The van der Waals surface area contributed by atoms with Crippen LogP contribution in [0.5, 0.6) is 0 Å². The number of aromatic nitrogens is 3. The number of hydrogen-bond acceptors (Lipinski definition) is 6. The summed E-state index contributed by atoms with van der Waals surface area (Å²) in [5.41, 5.74) is 3.84. The van der Waals surface area contributed by atoms with Crippen molar-refractivity contribution in [1.82, 2.24) is 14.8 Å². The van der Waals surface area contributed by atoms with Gasteiger partial charge in [-0.25, -0.2) is 4.39 Å². The van der Waals surface area contributed by atoms with Gasteiger partial charge in [-0.2, -0.15) is 0 Å². The predicted octanol–water partition coefficient (Wildman–Crippen LogP) is 4.35. The number of halogens is 1. The van der Waals surface area contributed by atoms with Crippen molar-refractivity contribution in [2.75, 3.05) is 18.1 Å². The third-order valence-electron chi connectivity index (χ3n) is 4.36. The smallest absolute Gasteiger partial charge is 0.206 e. The second-order valence-electron chi connectivity index (χ2n) is 6.15. The number of nitrogens with zero attached hydrogens (tertiary/aromatic N) is 3. The van der Waals surface area contributed by atoms with E-state index in [0.29, 0.717) is 5.75 Å². The van der Waals surface area contributed by atoms with Gasteiger partial charge in [-0.1, -0.05) is 35.2 Å². The molecule has 1 aromatic carbocycles. The molecule has 0 atom stereocenters. The van der Waals surface area contributed by atoms with Crippen molar-refractivity contribution in [3.8, 4) is 0 Å². The molecular weight excluding hydrogens is 383 g/mol. The van der Waals surface area contributed by atoms with Crippen LogP contribution >= 0.6 is 23.1 Å². The molecule has 0 bridgehead atoms. The number of hydrogen-bond donors (Lipinski definition) is 1. The number of thioether (sulfide) groups is 1. The van der Waals surface area contributed by atoms with E-state index in [1.807, 2.05) is 19.9 Å². The quantitative estimate of drug-likeness (QED) is 0.447. The van der Waals surface area contributed by atoms with Gasteiger partial charge in [-0.05, 0) is 44.0 Å². The molecule has 0 amide bonds. The minimum absolute atomic E-state index is 0.0855. The molecule has 3 aromatic rings. The van der Waals surface area contributed by atoms with Crippen molar-refractivity contribution >= 4 is 34.0 Å². The Kier molecular flexibility index (Phi) is 6.28. The lowest BCUT2D eigenvalue weighted by Gasteiger charge is -2.10. The standard InChI is InChI=1S/C19H21FN4OS2/c1-12-10-16(17(25)11-26-19-23-22-18(21-3)27-19)13(2)24(12)9-8-14-4-6-15(20)7-5-14/h4-7,10H,8-9,11H2,1-3H3,(H,21,22). The molecule has 3 rings (SSSR count). The number of carbonyl (C=O) groups is 1. The van der Waals surface area contributed by atoms with Gasteiger partial charge in [0.1, 0.15) is 5.82 Å². The van der Waals surface area contributed by atoms with E-state index >= 15 is 0 Å². The first-order chi connectivity index (χ1) is 13.0. The highest BCUT2D eigenvalue weighted by atomic mass is 32.2. The minimum atomic E-state index is -0.227. The van der Waals surface area contributed by atoms with E-state index in [9.17, 15) is 9.18 Å². The van der Waals surface area contributed by atoms with Crippen LogP contribution in [0.4, 0.5) is 9.52 Å². The Morgan fingerprint density at radius 3 is 2.67 bits per heavy atom. The van der Waals surface area contributed by atoms with E-state index in [0.717, 1.165) is 45.0 Å². The molecule has 0 spiro atoms. The lowest BCUT2D eigenvalue weighted by Crippen LogP contribution is -2.08. The van der Waals surface area contributed by atoms with E-state index in [2.05, 4.69) is 20.1 Å². The van der Waals surface area contributed by atoms with Gasteiger partial charge < -0.3 is 9.88 Å². The molecule has 5 nitrogen and oxygen atoms in total. The number of aryl methyl sites for hydroxylation is 2. The molecule has 0 unspecified atom stereocenters. The minimum Gasteiger partial charge on any atom is -0.363 e. The number of benzene rings is 1. The molecule has 0 aliphatic carbocycles. The van der Waals surface area contributed by atoms with Gasteiger partial charge in [0.2, 0.25) is 5.13 Å². The highest BCUT2D eigenvalue weighted by Crippen LogP contribution is 2.26. The molecule has 8 heteroatoms. The van der Waals surface area contributed by atoms with Crippen molar-refractivity contribution in [2.24, 2.45) is 0 Å². The molecular formula is C19H21FN4OS2. The lowest BCUT2D eigenvalue weighted by atomic mass is 10.1. The first-order valence-electron chi connectivity index (χ1n) is 8.56. The summed E-state index contributed by atoms with van der Waals surface area (Å²) in [6.07, 6.45) is 0.788. The number of rotatable bonds is 8. The second-order valence-corrected chi connectivity index (χ2v) is 8.35. The predicted molar refractivity (Wildman–Crippen MR) is 109 cm³/mol. The zero-order valence-electron chi connectivity index (χ0n) is 15.5. The molecule has 1 N–H and O–H groups in total. The van der Waals surface area contributed by atoms with Crippen LogP contribution in [0.3, 0.4) is 0 Å². The van der Waals surface area contributed by atoms with E-state index < -0.39 is 0 Å². The fraction of sp³-hybridized carbons (Fsp3) is 0.316. The second kappa shape index (κ2) is 8.67. The van der Waals surface area contributed by atoms with Gasteiger partial charge in [-0.15, -0.1) is 10.2 Å². The van der Waals surface area contributed by atoms with E-state index in [1.54, 1.807) is 19.2 Å². The van der Waals surface area contributed by atoms with Crippen LogP contribution in [0.2, 0.25) is 0 Å². The molecule has 2 aromatic heterocycles. The molecule has 0 aliphatic heterocycles. The normalized spacial score (nSPS) is 11.0. The van der Waals surface area contributed by atoms with E-state index in [-0.39, 0.29) is 11.6 Å². The summed E-state index contributed by atoms with van der Waals surface area (Å²) in [6, 6.07) is 8.50. The van der Waals surface area contributed by atoms with Gasteiger partial charge in [-0.3, -0.25) is 4.79 Å². The Balaban J connectivity index is 1.64. The maximum absolute atomic E-state index is 13.0. The van der Waals surface area contributed by atoms with Crippen LogP contribution in [0.25, 0.3) is 0 Å². The number of carbonyl (C=O) groups excluding carboxylic acids is 1. The first-order valence-corrected chi connectivity index (χ1v) is 10.4. The van der Waals surface area contributed by atoms with Crippen molar-refractivity contribution in [1.29, 1.82) is 0 Å². The van der Waals surface area contributed by atoms with E-state index in [4.69, 9.17) is 0 Å². The first kappa shape index (κ1) is 19.6. The highest BCUT2D eigenvalue weighted by molar-refractivity contribution is 8.01. The summed E-state index contributed by atoms with van der Waals surface area (Å²) in [7, 11) is 1.79. The van der Waals surface area contributed by atoms with Crippen LogP contribution < -0.4 is 5.32 Å². The van der Waals surface area contributed by atoms with Crippen molar-refractivity contribution in [3.63, 3.8) is 0 Å². The summed E-state index contributed by atoms with van der Waals surface area (Å²) >= 11 is 2.84. The number of Topliss-reactive ketones (excluding diaryl/α,β-unsaturated/α-hetero) is 1. The van der Waals surface area contributed by atoms with Gasteiger partial charge in [0, 0.05) is 30.5 Å². The van der Waals surface area contributed by atoms with Gasteiger partial charge in [0.25, 0.3) is 0 Å². The van der Waals surface area contributed by atoms with Crippen molar-refractivity contribution in [3.05, 3.63) is 58.7 Å². The monoisotopic (exact) mass is 404 g/mol. The van der Waals surface area contributed by atoms with E-state index in [1.165, 1.54) is 35.2 Å². The zero-order chi connectivity index (χ0) is 19.4. The maximum atomic E-state index is 13.0. The molecule has 0 fully saturated rings. The Morgan fingerprint density at radius 2 is 2.00 bits per heavy atom. The molecule has 0 aliphatic rings. The average Bonchev–Trinajstić information content (AvgIpc) is 3.24. The van der Waals surface area contributed by atoms with Gasteiger partial charge >= 0.3 is 0 Å². The molecule has 142 valence electrons. The van der Waals surface area contributed by atoms with Crippen LogP contribution in [0.15, 0.2) is 34.7 Å². The number of ketones is 1. The Bertz CT molecular complexity index is 934. The van der Waals surface area contributed by atoms with Crippen molar-refractivity contribution < 1.29 is 9.18 Å². The highest BCUT2D eigenvalue weighted by Gasteiger charge is 2.17. The summed E-state index contributed by atoms with van der Waals surface area (Å²) in [5, 5.41) is 11.7. The summed E-state index contributed by atoms with van der Waals surface area (Å²) in [6.45, 7) is 4.73. The van der Waals surface area contributed by atoms with Crippen LogP contribution in [-0.2, 0) is 13.0 Å². The Labute approximate surface area is 166 Å². The maximum Gasteiger partial charge on any atom is 0.206 e. The number of anilines is 1. The Hall–Kier alpha value is -2.19.